The third-order valence-electron chi connectivity index (χ3n) is 9.86. The van der Waals surface area contributed by atoms with E-state index in [0.717, 1.165) is 0 Å². The van der Waals surface area contributed by atoms with Gasteiger partial charge in [-0.15, -0.1) is 11.3 Å². The maximum atomic E-state index is 2.48. The van der Waals surface area contributed by atoms with Gasteiger partial charge in [0.1, 0.15) is 0 Å². The minimum absolute atomic E-state index is 1.20. The molecule has 0 nitrogen and oxygen atoms in total. The molecule has 2 aliphatic carbocycles. The van der Waals surface area contributed by atoms with E-state index in [4.69, 9.17) is 0 Å². The number of hydrogen-bond donors (Lipinski definition) is 0. The van der Waals surface area contributed by atoms with Crippen molar-refractivity contribution in [2.75, 3.05) is 0 Å². The van der Waals surface area contributed by atoms with Crippen LogP contribution in [0.3, 0.4) is 0 Å². The molecule has 0 spiro atoms. The van der Waals surface area contributed by atoms with Crippen molar-refractivity contribution < 1.29 is 0 Å². The van der Waals surface area contributed by atoms with Crippen LogP contribution in [0.2, 0.25) is 0 Å². The van der Waals surface area contributed by atoms with E-state index in [1.165, 1.54) is 117 Å². The van der Waals surface area contributed by atoms with Crippen LogP contribution in [-0.4, -0.2) is 0 Å². The van der Waals surface area contributed by atoms with E-state index in [0.29, 0.717) is 0 Å². The van der Waals surface area contributed by atoms with Gasteiger partial charge in [-0.2, -0.15) is 0 Å². The summed E-state index contributed by atoms with van der Waals surface area (Å²) < 4.78 is 2.75. The van der Waals surface area contributed by atoms with Crippen LogP contribution in [-0.2, 0) is 25.7 Å². The van der Waals surface area contributed by atoms with E-state index in [-0.39, 0.29) is 0 Å². The van der Waals surface area contributed by atoms with Crippen LogP contribution in [0, 0.1) is 0 Å². The molecule has 0 N–H and O–H groups in total. The molecule has 0 atom stereocenters. The largest absolute Gasteiger partial charge is 0.135 e. The average Bonchev–Trinajstić information content (AvgIpc) is 3.35. The van der Waals surface area contributed by atoms with Crippen molar-refractivity contribution in [1.82, 2.24) is 0 Å². The lowest BCUT2D eigenvalue weighted by atomic mass is 9.82. The van der Waals surface area contributed by atoms with Crippen molar-refractivity contribution in [3.05, 3.63) is 131 Å². The monoisotopic (exact) mass is 538 g/mol. The minimum Gasteiger partial charge on any atom is -0.135 e. The first kappa shape index (κ1) is 22.3. The highest BCUT2D eigenvalue weighted by atomic mass is 32.1. The molecule has 0 saturated carbocycles. The lowest BCUT2D eigenvalue weighted by molar-refractivity contribution is 0.840. The maximum Gasteiger partial charge on any atom is 0.0361 e. The molecule has 10 rings (SSSR count). The number of fused-ring (bicyclic) bond motifs is 10. The Hall–Kier alpha value is -4.46. The van der Waals surface area contributed by atoms with Crippen molar-refractivity contribution in [2.45, 2.75) is 25.7 Å². The molecule has 41 heavy (non-hydrogen) atoms. The Morgan fingerprint density at radius 2 is 0.976 bits per heavy atom. The Labute approximate surface area is 242 Å². The summed E-state index contributed by atoms with van der Waals surface area (Å²) in [6.07, 6.45) is 4.84. The lowest BCUT2D eigenvalue weighted by Gasteiger charge is -2.22. The summed E-state index contributed by atoms with van der Waals surface area (Å²) in [4.78, 5) is 0. The fourth-order valence-electron chi connectivity index (χ4n) is 7.66. The Morgan fingerprint density at radius 3 is 1.61 bits per heavy atom. The molecule has 0 aliphatic heterocycles. The standard InChI is InChI=1S/C40H26S/c1-3-7-32-30(5-1)38(26-12-10-23-9-11-25(23)21-26)31-6-2-4-8-33(31)39(32)27-15-19-36-35(22-27)40-34-17-14-24-13-16-28(24)29(34)18-20-37(40)41-36/h1-8,10,12,14-15,17-22H,9,11,13,16H2. The van der Waals surface area contributed by atoms with Crippen LogP contribution in [0.5, 0.6) is 0 Å². The fraction of sp³-hybridized carbons (Fsp3) is 0.100. The number of aryl methyl sites for hydroxylation is 4. The second-order valence-electron chi connectivity index (χ2n) is 11.9. The Morgan fingerprint density at radius 1 is 0.390 bits per heavy atom. The number of benzene rings is 7. The second-order valence-corrected chi connectivity index (χ2v) is 13.0. The van der Waals surface area contributed by atoms with Crippen molar-refractivity contribution in [1.29, 1.82) is 0 Å². The van der Waals surface area contributed by atoms with E-state index < -0.39 is 0 Å². The first-order valence-electron chi connectivity index (χ1n) is 14.8. The molecule has 0 amide bonds. The highest BCUT2D eigenvalue weighted by molar-refractivity contribution is 7.26. The molecule has 2 aliphatic rings. The quantitative estimate of drug-likeness (QED) is 0.192. The van der Waals surface area contributed by atoms with Crippen LogP contribution < -0.4 is 0 Å². The number of hydrogen-bond acceptors (Lipinski definition) is 1. The topological polar surface area (TPSA) is 0 Å². The van der Waals surface area contributed by atoms with Crippen molar-refractivity contribution >= 4 is 63.8 Å². The Balaban J connectivity index is 1.30. The van der Waals surface area contributed by atoms with Crippen LogP contribution in [0.4, 0.5) is 0 Å². The van der Waals surface area contributed by atoms with E-state index in [2.05, 4.69) is 109 Å². The van der Waals surface area contributed by atoms with Gasteiger partial charge in [-0.25, -0.2) is 0 Å². The normalized spacial score (nSPS) is 14.0. The van der Waals surface area contributed by atoms with Gasteiger partial charge in [0.15, 0.2) is 0 Å². The van der Waals surface area contributed by atoms with Gasteiger partial charge >= 0.3 is 0 Å². The maximum absolute atomic E-state index is 2.48. The summed E-state index contributed by atoms with van der Waals surface area (Å²) in [6, 6.07) is 41.9. The molecule has 1 heteroatoms. The van der Waals surface area contributed by atoms with Gasteiger partial charge in [-0.1, -0.05) is 91.0 Å². The number of rotatable bonds is 2. The Kier molecular flexibility index (Phi) is 4.37. The number of thiophene rings is 1. The summed E-state index contributed by atoms with van der Waals surface area (Å²) in [5, 5.41) is 11.0. The molecule has 0 fully saturated rings. The third-order valence-corrected chi connectivity index (χ3v) is 11.0. The van der Waals surface area contributed by atoms with Gasteiger partial charge < -0.3 is 0 Å². The molecule has 0 unspecified atom stereocenters. The zero-order valence-corrected chi connectivity index (χ0v) is 23.4. The van der Waals surface area contributed by atoms with Crippen molar-refractivity contribution in [3.8, 4) is 22.3 Å². The first-order valence-corrected chi connectivity index (χ1v) is 15.6. The summed E-state index contributed by atoms with van der Waals surface area (Å²) in [5.41, 5.74) is 11.5. The average molecular weight is 539 g/mol. The van der Waals surface area contributed by atoms with Gasteiger partial charge in [0.2, 0.25) is 0 Å². The van der Waals surface area contributed by atoms with Crippen LogP contribution in [0.25, 0.3) is 74.7 Å². The molecular weight excluding hydrogens is 513 g/mol. The zero-order chi connectivity index (χ0) is 26.7. The molecule has 7 aromatic carbocycles. The van der Waals surface area contributed by atoms with Gasteiger partial charge in [0, 0.05) is 20.2 Å². The Bertz CT molecular complexity index is 2360. The minimum atomic E-state index is 1.20. The fourth-order valence-corrected chi connectivity index (χ4v) is 8.76. The first-order chi connectivity index (χ1) is 20.3. The van der Waals surface area contributed by atoms with E-state index >= 15 is 0 Å². The van der Waals surface area contributed by atoms with Gasteiger partial charge in [0.25, 0.3) is 0 Å². The van der Waals surface area contributed by atoms with Crippen LogP contribution in [0.15, 0.2) is 109 Å². The summed E-state index contributed by atoms with van der Waals surface area (Å²) >= 11 is 1.92. The molecule has 0 saturated heterocycles. The molecule has 1 heterocycles. The second kappa shape index (κ2) is 8.06. The van der Waals surface area contributed by atoms with Crippen molar-refractivity contribution in [3.63, 3.8) is 0 Å². The third kappa shape index (κ3) is 2.99. The molecular formula is C40H26S. The van der Waals surface area contributed by atoms with Gasteiger partial charge in [-0.05, 0) is 121 Å². The summed E-state index contributed by atoms with van der Waals surface area (Å²) in [7, 11) is 0. The van der Waals surface area contributed by atoms with Crippen LogP contribution >= 0.6 is 11.3 Å². The van der Waals surface area contributed by atoms with Gasteiger partial charge in [0.05, 0.1) is 0 Å². The van der Waals surface area contributed by atoms with Gasteiger partial charge in [-0.3, -0.25) is 0 Å². The summed E-state index contributed by atoms with van der Waals surface area (Å²) in [5.74, 6) is 0. The zero-order valence-electron chi connectivity index (χ0n) is 22.6. The molecule has 0 radical (unpaired) electrons. The summed E-state index contributed by atoms with van der Waals surface area (Å²) in [6.45, 7) is 0. The smallest absolute Gasteiger partial charge is 0.0361 e. The van der Waals surface area contributed by atoms with E-state index in [9.17, 15) is 0 Å². The molecule has 0 bridgehead atoms. The SMILES string of the molecule is c1ccc2c(-c3ccc4sc5ccc6c7c(ccc6c5c4c3)CC7)c3ccccc3c(-c3ccc4c(c3)CC4)c2c1. The predicted octanol–water partition coefficient (Wildman–Crippen LogP) is 11.0. The lowest BCUT2D eigenvalue weighted by Crippen LogP contribution is -2.08. The van der Waals surface area contributed by atoms with E-state index in [1.54, 1.807) is 5.56 Å². The molecule has 1 aromatic heterocycles. The van der Waals surface area contributed by atoms with Crippen molar-refractivity contribution in [2.24, 2.45) is 0 Å². The molecule has 8 aromatic rings. The van der Waals surface area contributed by atoms with E-state index in [1.807, 2.05) is 11.3 Å². The highest BCUT2D eigenvalue weighted by Gasteiger charge is 2.21. The highest BCUT2D eigenvalue weighted by Crippen LogP contribution is 2.47. The molecule has 192 valence electrons. The predicted molar refractivity (Wildman–Crippen MR) is 178 cm³/mol. The van der Waals surface area contributed by atoms with Crippen LogP contribution in [0.1, 0.15) is 22.3 Å².